The van der Waals surface area contributed by atoms with Gasteiger partial charge in [-0.25, -0.2) is 9.48 Å². The predicted molar refractivity (Wildman–Crippen MR) is 151 cm³/mol. The number of nitrogens with one attached hydrogen (secondary N) is 1. The number of esters is 1. The minimum atomic E-state index is -1.78. The number of aromatic nitrogens is 4. The number of carbonyl (C=O) groups is 3. The molecule has 3 heterocycles. The molecule has 1 spiro atoms. The van der Waals surface area contributed by atoms with Crippen molar-refractivity contribution in [2.75, 3.05) is 18.7 Å². The summed E-state index contributed by atoms with van der Waals surface area (Å²) < 4.78 is 20.5. The van der Waals surface area contributed by atoms with Crippen LogP contribution in [0.1, 0.15) is 17.5 Å². The van der Waals surface area contributed by atoms with Crippen LogP contribution in [0.25, 0.3) is 0 Å². The molecule has 2 amide bonds. The highest BCUT2D eigenvalue weighted by Gasteiger charge is 2.80. The molecular formula is C27H25ClN6O5S2. The van der Waals surface area contributed by atoms with E-state index < -0.39 is 50.2 Å². The third-order valence-electron chi connectivity index (χ3n) is 7.98. The van der Waals surface area contributed by atoms with E-state index in [4.69, 9.17) is 16.3 Å². The van der Waals surface area contributed by atoms with Gasteiger partial charge in [-0.1, -0.05) is 72.4 Å². The van der Waals surface area contributed by atoms with Crippen LogP contribution in [0.3, 0.4) is 0 Å². The van der Waals surface area contributed by atoms with Crippen molar-refractivity contribution in [1.29, 1.82) is 0 Å². The fraction of sp³-hybridized carbons (Fsp3) is 0.333. The molecule has 3 aromatic rings. The molecule has 11 nitrogen and oxygen atoms in total. The number of nitrogens with zero attached hydrogens (tertiary/aromatic N) is 5. The SMILES string of the molecule is COC(=O)C1=C(CSc2nnnn2C)[C@@]2(CC2(c2ccccc2)c2ccccc2)S(=O)[C@@H]2[C@H](NC(=O)CCl)C(=O)N12. The summed E-state index contributed by atoms with van der Waals surface area (Å²) in [7, 11) is 1.16. The molecule has 1 aliphatic carbocycles. The Labute approximate surface area is 247 Å². The molecule has 6 rings (SSSR count). The van der Waals surface area contributed by atoms with Gasteiger partial charge in [0.15, 0.2) is 0 Å². The summed E-state index contributed by atoms with van der Waals surface area (Å²) in [4.78, 5) is 40.4. The Morgan fingerprint density at radius 2 is 1.78 bits per heavy atom. The van der Waals surface area contributed by atoms with E-state index >= 15 is 0 Å². The summed E-state index contributed by atoms with van der Waals surface area (Å²) >= 11 is 6.99. The average Bonchev–Trinajstić information content (AvgIpc) is 3.55. The fourth-order valence-electron chi connectivity index (χ4n) is 6.13. The number of ether oxygens (including phenoxy) is 1. The number of amides is 2. The number of fused-ring (bicyclic) bond motifs is 1. The molecule has 1 N–H and O–H groups in total. The number of hydrogen-bond acceptors (Lipinski definition) is 9. The van der Waals surface area contributed by atoms with Gasteiger partial charge in [0.1, 0.15) is 23.0 Å². The average molecular weight is 613 g/mol. The zero-order valence-corrected chi connectivity index (χ0v) is 24.4. The fourth-order valence-corrected chi connectivity index (χ4v) is 9.87. The Kier molecular flexibility index (Phi) is 6.99. The molecule has 1 aromatic heterocycles. The Balaban J connectivity index is 1.59. The Hall–Kier alpha value is -3.55. The van der Waals surface area contributed by atoms with E-state index in [0.29, 0.717) is 17.2 Å². The molecule has 1 saturated carbocycles. The zero-order chi connectivity index (χ0) is 28.9. The molecule has 4 atom stereocenters. The number of rotatable bonds is 8. The minimum absolute atomic E-state index is 0.0369. The summed E-state index contributed by atoms with van der Waals surface area (Å²) in [6, 6.07) is 18.4. The van der Waals surface area contributed by atoms with Crippen molar-refractivity contribution in [3.8, 4) is 0 Å². The van der Waals surface area contributed by atoms with Crippen molar-refractivity contribution in [3.63, 3.8) is 0 Å². The molecular weight excluding hydrogens is 588 g/mol. The molecule has 0 bridgehead atoms. The Morgan fingerprint density at radius 3 is 2.32 bits per heavy atom. The van der Waals surface area contributed by atoms with Crippen LogP contribution in [-0.2, 0) is 42.4 Å². The lowest BCUT2D eigenvalue weighted by Crippen LogP contribution is -2.75. The number of alkyl halides is 1. The first kappa shape index (κ1) is 27.6. The van der Waals surface area contributed by atoms with Crippen LogP contribution in [-0.4, -0.2) is 82.0 Å². The second-order valence-electron chi connectivity index (χ2n) is 9.91. The van der Waals surface area contributed by atoms with Gasteiger partial charge in [0.05, 0.1) is 22.7 Å². The van der Waals surface area contributed by atoms with E-state index in [9.17, 15) is 18.6 Å². The highest BCUT2D eigenvalue weighted by molar-refractivity contribution is 7.99. The first-order valence-corrected chi connectivity index (χ1v) is 15.4. The van der Waals surface area contributed by atoms with Gasteiger partial charge in [-0.15, -0.1) is 16.7 Å². The third-order valence-corrected chi connectivity index (χ3v) is 11.6. The van der Waals surface area contributed by atoms with E-state index in [1.807, 2.05) is 60.7 Å². The standard InChI is InChI=1S/C27H25ClN6O5S2/c1-33-25(30-31-32-33)40-14-18-21(24(37)39-2)34-22(36)20(29-19(35)13-28)23(34)41(38)27(18)15-26(27,16-9-5-3-6-10-16)17-11-7-4-8-12-17/h3-12,20,23H,13-15H2,1-2H3,(H,29,35)/t20-,23-,27-,41?/m1/s1. The lowest BCUT2D eigenvalue weighted by atomic mass is 9.83. The van der Waals surface area contributed by atoms with Gasteiger partial charge in [0.25, 0.3) is 5.91 Å². The van der Waals surface area contributed by atoms with Crippen LogP contribution in [0.15, 0.2) is 77.1 Å². The first-order chi connectivity index (χ1) is 19.8. The zero-order valence-electron chi connectivity index (χ0n) is 22.0. The topological polar surface area (TPSA) is 136 Å². The Bertz CT molecular complexity index is 1560. The molecule has 1 saturated heterocycles. The lowest BCUT2D eigenvalue weighted by molar-refractivity contribution is -0.152. The number of tetrazole rings is 1. The molecule has 14 heteroatoms. The van der Waals surface area contributed by atoms with Gasteiger partial charge in [0.2, 0.25) is 11.1 Å². The molecule has 0 radical (unpaired) electrons. The molecule has 41 heavy (non-hydrogen) atoms. The summed E-state index contributed by atoms with van der Waals surface area (Å²) in [5.41, 5.74) is 1.60. The highest BCUT2D eigenvalue weighted by atomic mass is 35.5. The quantitative estimate of drug-likeness (QED) is 0.174. The van der Waals surface area contributed by atoms with E-state index in [1.165, 1.54) is 28.5 Å². The van der Waals surface area contributed by atoms with Crippen LogP contribution in [0.5, 0.6) is 0 Å². The van der Waals surface area contributed by atoms with Gasteiger partial charge < -0.3 is 10.1 Å². The largest absolute Gasteiger partial charge is 0.464 e. The second kappa shape index (κ2) is 10.4. The number of benzene rings is 2. The summed E-state index contributed by atoms with van der Waals surface area (Å²) in [6.45, 7) is 0. The molecule has 1 unspecified atom stereocenters. The number of carbonyl (C=O) groups excluding carboxylic acids is 3. The van der Waals surface area contributed by atoms with Crippen LogP contribution in [0.4, 0.5) is 0 Å². The van der Waals surface area contributed by atoms with Crippen molar-refractivity contribution in [2.24, 2.45) is 7.05 Å². The molecule has 2 aromatic carbocycles. The summed E-state index contributed by atoms with van der Waals surface area (Å²) in [6.07, 6.45) is 0.406. The maximum atomic E-state index is 14.9. The Morgan fingerprint density at radius 1 is 1.15 bits per heavy atom. The number of aryl methyl sites for hydroxylation is 1. The number of hydrogen-bond donors (Lipinski definition) is 1. The van der Waals surface area contributed by atoms with Crippen LogP contribution in [0.2, 0.25) is 0 Å². The molecule has 3 aliphatic rings. The second-order valence-corrected chi connectivity index (χ2v) is 12.9. The first-order valence-electron chi connectivity index (χ1n) is 12.7. The third kappa shape index (κ3) is 3.97. The lowest BCUT2D eigenvalue weighted by Gasteiger charge is -2.52. The number of methoxy groups -OCH3 is 1. The van der Waals surface area contributed by atoms with E-state index in [2.05, 4.69) is 20.8 Å². The number of β-lactam (4-membered cyclic amide) rings is 1. The smallest absolute Gasteiger partial charge is 0.354 e. The summed E-state index contributed by atoms with van der Waals surface area (Å²) in [5, 5.41) is 13.8. The van der Waals surface area contributed by atoms with Gasteiger partial charge in [-0.2, -0.15) is 0 Å². The van der Waals surface area contributed by atoms with Crippen LogP contribution in [0, 0.1) is 0 Å². The van der Waals surface area contributed by atoms with Crippen molar-refractivity contribution >= 4 is 51.9 Å². The molecule has 2 fully saturated rings. The van der Waals surface area contributed by atoms with Gasteiger partial charge in [-0.05, 0) is 33.5 Å². The summed E-state index contributed by atoms with van der Waals surface area (Å²) in [5.74, 6) is -2.04. The normalized spacial score (nSPS) is 25.9. The van der Waals surface area contributed by atoms with Crippen LogP contribution >= 0.6 is 23.4 Å². The maximum Gasteiger partial charge on any atom is 0.354 e. The van der Waals surface area contributed by atoms with E-state index in [0.717, 1.165) is 11.1 Å². The highest BCUT2D eigenvalue weighted by Crippen LogP contribution is 2.71. The van der Waals surface area contributed by atoms with E-state index in [-0.39, 0.29) is 17.3 Å². The van der Waals surface area contributed by atoms with Gasteiger partial charge >= 0.3 is 5.97 Å². The number of thioether (sulfide) groups is 1. The maximum absolute atomic E-state index is 14.9. The van der Waals surface area contributed by atoms with Crippen molar-refractivity contribution in [2.45, 2.75) is 33.2 Å². The predicted octanol–water partition coefficient (Wildman–Crippen LogP) is 1.51. The number of halogens is 1. The molecule has 2 aliphatic heterocycles. The van der Waals surface area contributed by atoms with Crippen molar-refractivity contribution in [3.05, 3.63) is 83.1 Å². The minimum Gasteiger partial charge on any atom is -0.464 e. The van der Waals surface area contributed by atoms with Crippen molar-refractivity contribution < 1.29 is 23.3 Å². The van der Waals surface area contributed by atoms with Crippen molar-refractivity contribution in [1.82, 2.24) is 30.4 Å². The molecule has 212 valence electrons. The van der Waals surface area contributed by atoms with Gasteiger partial charge in [-0.3, -0.25) is 18.7 Å². The van der Waals surface area contributed by atoms with Gasteiger partial charge in [0, 0.05) is 18.2 Å². The van der Waals surface area contributed by atoms with Crippen LogP contribution < -0.4 is 5.32 Å². The van der Waals surface area contributed by atoms with E-state index in [1.54, 1.807) is 7.05 Å². The monoisotopic (exact) mass is 612 g/mol.